The van der Waals surface area contributed by atoms with Gasteiger partial charge in [-0.15, -0.1) is 0 Å². The standard InChI is InChI=1S/C12H22N2O2/c1-3-4-7-16-12(15)14-10-5-6-11(14)9-13(2)8-10/h10-11H,3-9H2,1-2H3. The van der Waals surface area contributed by atoms with Crippen molar-refractivity contribution >= 4 is 6.09 Å². The smallest absolute Gasteiger partial charge is 0.410 e. The molecule has 2 saturated heterocycles. The van der Waals surface area contributed by atoms with Gasteiger partial charge in [0, 0.05) is 25.2 Å². The van der Waals surface area contributed by atoms with Gasteiger partial charge < -0.3 is 9.64 Å². The summed E-state index contributed by atoms with van der Waals surface area (Å²) in [7, 11) is 2.13. The molecule has 0 radical (unpaired) electrons. The maximum absolute atomic E-state index is 11.9. The maximum Gasteiger partial charge on any atom is 0.410 e. The van der Waals surface area contributed by atoms with Crippen LogP contribution >= 0.6 is 0 Å². The third-order valence-electron chi connectivity index (χ3n) is 3.60. The van der Waals surface area contributed by atoms with Gasteiger partial charge in [0.2, 0.25) is 0 Å². The van der Waals surface area contributed by atoms with Gasteiger partial charge in [-0.05, 0) is 26.3 Å². The van der Waals surface area contributed by atoms with Gasteiger partial charge in [0.15, 0.2) is 0 Å². The Morgan fingerprint density at radius 2 is 1.94 bits per heavy atom. The lowest BCUT2D eigenvalue weighted by Crippen LogP contribution is -2.54. The van der Waals surface area contributed by atoms with Gasteiger partial charge in [-0.25, -0.2) is 4.79 Å². The number of unbranched alkanes of at least 4 members (excludes halogenated alkanes) is 1. The molecule has 1 amide bonds. The molecule has 0 spiro atoms. The summed E-state index contributed by atoms with van der Waals surface area (Å²) in [6.45, 7) is 4.67. The van der Waals surface area contributed by atoms with Crippen molar-refractivity contribution in [3.8, 4) is 0 Å². The predicted octanol–water partition coefficient (Wildman–Crippen LogP) is 1.70. The average molecular weight is 226 g/mol. The highest BCUT2D eigenvalue weighted by Gasteiger charge is 2.42. The fraction of sp³-hybridized carbons (Fsp3) is 0.917. The number of fused-ring (bicyclic) bond motifs is 2. The van der Waals surface area contributed by atoms with Crippen LogP contribution in [0.15, 0.2) is 0 Å². The van der Waals surface area contributed by atoms with Gasteiger partial charge in [-0.2, -0.15) is 0 Å². The minimum Gasteiger partial charge on any atom is -0.449 e. The van der Waals surface area contributed by atoms with Crippen LogP contribution < -0.4 is 0 Å². The van der Waals surface area contributed by atoms with Crippen molar-refractivity contribution in [3.63, 3.8) is 0 Å². The van der Waals surface area contributed by atoms with E-state index in [0.717, 1.165) is 38.8 Å². The Kier molecular flexibility index (Phi) is 3.69. The van der Waals surface area contributed by atoms with E-state index in [4.69, 9.17) is 4.74 Å². The molecule has 0 N–H and O–H groups in total. The molecule has 16 heavy (non-hydrogen) atoms. The Morgan fingerprint density at radius 1 is 1.31 bits per heavy atom. The number of carbonyl (C=O) groups excluding carboxylic acids is 1. The molecule has 4 nitrogen and oxygen atoms in total. The zero-order valence-electron chi connectivity index (χ0n) is 10.3. The van der Waals surface area contributed by atoms with Crippen LogP contribution in [0.3, 0.4) is 0 Å². The number of nitrogens with zero attached hydrogens (tertiary/aromatic N) is 2. The zero-order valence-corrected chi connectivity index (χ0v) is 10.3. The predicted molar refractivity (Wildman–Crippen MR) is 62.4 cm³/mol. The number of hydrogen-bond acceptors (Lipinski definition) is 3. The summed E-state index contributed by atoms with van der Waals surface area (Å²) in [5.74, 6) is 0. The largest absolute Gasteiger partial charge is 0.449 e. The van der Waals surface area contributed by atoms with Crippen molar-refractivity contribution in [2.24, 2.45) is 0 Å². The molecule has 2 aliphatic rings. The van der Waals surface area contributed by atoms with E-state index in [1.807, 2.05) is 4.90 Å². The quantitative estimate of drug-likeness (QED) is 0.687. The number of hydrogen-bond donors (Lipinski definition) is 0. The van der Waals surface area contributed by atoms with Crippen LogP contribution in [-0.2, 0) is 4.74 Å². The van der Waals surface area contributed by atoms with Crippen molar-refractivity contribution < 1.29 is 9.53 Å². The fourth-order valence-electron chi connectivity index (χ4n) is 2.79. The fourth-order valence-corrected chi connectivity index (χ4v) is 2.79. The number of ether oxygens (including phenoxy) is 1. The zero-order chi connectivity index (χ0) is 11.5. The van der Waals surface area contributed by atoms with Crippen LogP contribution in [0.25, 0.3) is 0 Å². The third kappa shape index (κ3) is 2.32. The first-order chi connectivity index (χ1) is 7.72. The van der Waals surface area contributed by atoms with E-state index in [-0.39, 0.29) is 6.09 Å². The molecule has 2 unspecified atom stereocenters. The summed E-state index contributed by atoms with van der Waals surface area (Å²) < 4.78 is 5.31. The van der Waals surface area contributed by atoms with Gasteiger partial charge in [-0.3, -0.25) is 4.90 Å². The van der Waals surface area contributed by atoms with E-state index in [9.17, 15) is 4.79 Å². The lowest BCUT2D eigenvalue weighted by molar-refractivity contribution is 0.0486. The van der Waals surface area contributed by atoms with Gasteiger partial charge in [0.1, 0.15) is 0 Å². The van der Waals surface area contributed by atoms with E-state index < -0.39 is 0 Å². The SMILES string of the molecule is CCCCOC(=O)N1C2CCC1CN(C)C2. The molecular formula is C12H22N2O2. The van der Waals surface area contributed by atoms with Crippen molar-refractivity contribution in [1.29, 1.82) is 0 Å². The highest BCUT2D eigenvalue weighted by atomic mass is 16.6. The highest BCUT2D eigenvalue weighted by molar-refractivity contribution is 5.69. The Labute approximate surface area is 97.5 Å². The molecule has 2 atom stereocenters. The second-order valence-corrected chi connectivity index (χ2v) is 4.98. The number of carbonyl (C=O) groups is 1. The summed E-state index contributed by atoms with van der Waals surface area (Å²) in [5, 5.41) is 0. The van der Waals surface area contributed by atoms with Crippen LogP contribution in [-0.4, -0.2) is 54.7 Å². The van der Waals surface area contributed by atoms with E-state index in [0.29, 0.717) is 18.7 Å². The molecule has 2 heterocycles. The third-order valence-corrected chi connectivity index (χ3v) is 3.60. The van der Waals surface area contributed by atoms with Crippen molar-refractivity contribution in [2.45, 2.75) is 44.7 Å². The molecule has 2 rings (SSSR count). The molecule has 2 fully saturated rings. The summed E-state index contributed by atoms with van der Waals surface area (Å²) in [6.07, 6.45) is 4.22. The molecule has 2 aliphatic heterocycles. The number of likely N-dealkylation sites (tertiary alicyclic amines) is 1. The molecule has 2 bridgehead atoms. The van der Waals surface area contributed by atoms with Gasteiger partial charge >= 0.3 is 6.09 Å². The van der Waals surface area contributed by atoms with Gasteiger partial charge in [0.25, 0.3) is 0 Å². The Hall–Kier alpha value is -0.770. The minimum atomic E-state index is -0.0888. The van der Waals surface area contributed by atoms with Crippen molar-refractivity contribution in [2.75, 3.05) is 26.7 Å². The van der Waals surface area contributed by atoms with E-state index >= 15 is 0 Å². The molecule has 0 saturated carbocycles. The number of likely N-dealkylation sites (N-methyl/N-ethyl adjacent to an activating group) is 1. The van der Waals surface area contributed by atoms with E-state index in [1.165, 1.54) is 0 Å². The first kappa shape index (κ1) is 11.7. The van der Waals surface area contributed by atoms with Crippen molar-refractivity contribution in [1.82, 2.24) is 9.80 Å². The summed E-state index contributed by atoms with van der Waals surface area (Å²) in [6, 6.07) is 0.774. The lowest BCUT2D eigenvalue weighted by atomic mass is 10.2. The Morgan fingerprint density at radius 3 is 2.50 bits per heavy atom. The molecule has 0 aromatic heterocycles. The molecule has 4 heteroatoms. The van der Waals surface area contributed by atoms with Crippen molar-refractivity contribution in [3.05, 3.63) is 0 Å². The minimum absolute atomic E-state index is 0.0888. The monoisotopic (exact) mass is 226 g/mol. The lowest BCUT2D eigenvalue weighted by Gasteiger charge is -2.38. The van der Waals surface area contributed by atoms with Crippen LogP contribution in [0.5, 0.6) is 0 Å². The normalized spacial score (nSPS) is 29.5. The average Bonchev–Trinajstić information content (AvgIpc) is 2.52. The summed E-state index contributed by atoms with van der Waals surface area (Å²) >= 11 is 0. The van der Waals surface area contributed by atoms with E-state index in [1.54, 1.807) is 0 Å². The molecule has 0 aliphatic carbocycles. The van der Waals surface area contributed by atoms with Crippen LogP contribution in [0.4, 0.5) is 4.79 Å². The van der Waals surface area contributed by atoms with Gasteiger partial charge in [-0.1, -0.05) is 13.3 Å². The molecule has 0 aromatic carbocycles. The Bertz CT molecular complexity index is 243. The first-order valence-corrected chi connectivity index (χ1v) is 6.36. The maximum atomic E-state index is 11.9. The molecule has 92 valence electrons. The Balaban J connectivity index is 1.87. The first-order valence-electron chi connectivity index (χ1n) is 6.36. The molecular weight excluding hydrogens is 204 g/mol. The van der Waals surface area contributed by atoms with Gasteiger partial charge in [0.05, 0.1) is 6.61 Å². The molecule has 0 aromatic rings. The number of rotatable bonds is 3. The van der Waals surface area contributed by atoms with Crippen LogP contribution in [0.1, 0.15) is 32.6 Å². The van der Waals surface area contributed by atoms with E-state index in [2.05, 4.69) is 18.9 Å². The second-order valence-electron chi connectivity index (χ2n) is 4.98. The summed E-state index contributed by atoms with van der Waals surface area (Å²) in [5.41, 5.74) is 0. The van der Waals surface area contributed by atoms with Crippen LogP contribution in [0.2, 0.25) is 0 Å². The number of piperazine rings is 1. The van der Waals surface area contributed by atoms with Crippen LogP contribution in [0, 0.1) is 0 Å². The summed E-state index contributed by atoms with van der Waals surface area (Å²) in [4.78, 5) is 16.2. The topological polar surface area (TPSA) is 32.8 Å². The highest BCUT2D eigenvalue weighted by Crippen LogP contribution is 2.29. The number of amides is 1. The second kappa shape index (κ2) is 5.04.